The van der Waals surface area contributed by atoms with E-state index in [9.17, 15) is 9.59 Å². The molecule has 1 heterocycles. The Kier molecular flexibility index (Phi) is 5.42. The van der Waals surface area contributed by atoms with Gasteiger partial charge in [-0.3, -0.25) is 15.0 Å². The van der Waals surface area contributed by atoms with Crippen molar-refractivity contribution in [2.75, 3.05) is 0 Å². The number of pyridine rings is 1. The van der Waals surface area contributed by atoms with Crippen LogP contribution in [0.3, 0.4) is 0 Å². The van der Waals surface area contributed by atoms with E-state index >= 15 is 0 Å². The molecule has 1 rings (SSSR count). The van der Waals surface area contributed by atoms with Crippen molar-refractivity contribution in [1.29, 1.82) is 0 Å². The van der Waals surface area contributed by atoms with E-state index in [0.717, 1.165) is 25.0 Å². The summed E-state index contributed by atoms with van der Waals surface area (Å²) < 4.78 is 1.75. The fraction of sp³-hybridized carbons (Fsp3) is 0.500. The topological polar surface area (TPSA) is 77.1 Å². The number of hydrogen-bond donors (Lipinski definition) is 2. The Bertz CT molecular complexity index is 426. The first-order valence-electron chi connectivity index (χ1n) is 5.81. The van der Waals surface area contributed by atoms with Crippen LogP contribution in [0.15, 0.2) is 23.0 Å². The van der Waals surface area contributed by atoms with Crippen molar-refractivity contribution in [2.45, 2.75) is 39.2 Å². The van der Waals surface area contributed by atoms with Gasteiger partial charge < -0.3 is 4.57 Å². The van der Waals surface area contributed by atoms with E-state index in [0.29, 0.717) is 13.0 Å². The average molecular weight is 237 g/mol. The molecule has 1 aromatic heterocycles. The van der Waals surface area contributed by atoms with Crippen LogP contribution in [0.2, 0.25) is 0 Å². The van der Waals surface area contributed by atoms with Gasteiger partial charge in [0.05, 0.1) is 0 Å². The van der Waals surface area contributed by atoms with Crippen molar-refractivity contribution >= 4 is 5.91 Å². The second kappa shape index (κ2) is 6.85. The number of hydrazine groups is 1. The minimum Gasteiger partial charge on any atom is -0.313 e. The summed E-state index contributed by atoms with van der Waals surface area (Å²) >= 11 is 0. The summed E-state index contributed by atoms with van der Waals surface area (Å²) in [6.07, 6.45) is 3.04. The zero-order valence-corrected chi connectivity index (χ0v) is 10.1. The lowest BCUT2D eigenvalue weighted by molar-refractivity contribution is -0.121. The first kappa shape index (κ1) is 13.4. The number of nitrogens with two attached hydrogens (primary N) is 1. The normalized spacial score (nSPS) is 10.2. The van der Waals surface area contributed by atoms with Crippen molar-refractivity contribution in [3.05, 3.63) is 34.2 Å². The Labute approximate surface area is 101 Å². The number of amides is 1. The van der Waals surface area contributed by atoms with Crippen LogP contribution in [-0.4, -0.2) is 10.5 Å². The Morgan fingerprint density at radius 1 is 1.35 bits per heavy atom. The lowest BCUT2D eigenvalue weighted by Crippen LogP contribution is -2.29. The summed E-state index contributed by atoms with van der Waals surface area (Å²) in [5.74, 6) is 4.83. The minimum atomic E-state index is -0.141. The smallest absolute Gasteiger partial charge is 0.250 e. The third-order valence-corrected chi connectivity index (χ3v) is 2.71. The Hall–Kier alpha value is -1.62. The molecular weight excluding hydrogens is 218 g/mol. The molecule has 0 atom stereocenters. The molecule has 0 saturated heterocycles. The van der Waals surface area contributed by atoms with Gasteiger partial charge in [0.2, 0.25) is 5.91 Å². The van der Waals surface area contributed by atoms with Crippen molar-refractivity contribution in [3.8, 4) is 0 Å². The number of aryl methyl sites for hydroxylation is 1. The minimum absolute atomic E-state index is 0.0321. The number of unbranched alkanes of at least 4 members (excludes halogenated alkanes) is 2. The third kappa shape index (κ3) is 4.40. The highest BCUT2D eigenvalue weighted by Gasteiger charge is 2.00. The second-order valence-electron chi connectivity index (χ2n) is 4.04. The number of nitrogens with one attached hydrogen (secondary N) is 1. The molecule has 3 N–H and O–H groups in total. The van der Waals surface area contributed by atoms with Crippen LogP contribution in [0.1, 0.15) is 31.4 Å². The van der Waals surface area contributed by atoms with Crippen LogP contribution >= 0.6 is 0 Å². The lowest BCUT2D eigenvalue weighted by atomic mass is 10.2. The predicted octanol–water partition coefficient (Wildman–Crippen LogP) is 0.707. The van der Waals surface area contributed by atoms with E-state index in [4.69, 9.17) is 5.84 Å². The largest absolute Gasteiger partial charge is 0.313 e. The number of nitrogens with zero attached hydrogens (tertiary/aromatic N) is 1. The molecule has 0 aliphatic rings. The van der Waals surface area contributed by atoms with E-state index in [2.05, 4.69) is 5.43 Å². The van der Waals surface area contributed by atoms with Crippen molar-refractivity contribution in [3.63, 3.8) is 0 Å². The highest BCUT2D eigenvalue weighted by Crippen LogP contribution is 2.03. The Morgan fingerprint density at radius 3 is 2.76 bits per heavy atom. The maximum absolute atomic E-state index is 11.5. The quantitative estimate of drug-likeness (QED) is 0.331. The molecule has 1 amide bonds. The average Bonchev–Trinajstić information content (AvgIpc) is 2.31. The molecule has 0 radical (unpaired) electrons. The summed E-state index contributed by atoms with van der Waals surface area (Å²) in [6.45, 7) is 2.62. The van der Waals surface area contributed by atoms with Crippen LogP contribution in [0, 0.1) is 6.92 Å². The number of aromatic nitrogens is 1. The molecule has 17 heavy (non-hydrogen) atoms. The molecular formula is C12H19N3O2. The van der Waals surface area contributed by atoms with E-state index in [1.165, 1.54) is 0 Å². The van der Waals surface area contributed by atoms with E-state index in [1.807, 2.05) is 13.0 Å². The molecule has 0 saturated carbocycles. The van der Waals surface area contributed by atoms with Crippen LogP contribution < -0.4 is 16.8 Å². The fourth-order valence-electron chi connectivity index (χ4n) is 1.71. The maximum Gasteiger partial charge on any atom is 0.250 e. The maximum atomic E-state index is 11.5. The SMILES string of the molecule is Cc1cccc(=O)n1CCCCCC(=O)NN. The summed E-state index contributed by atoms with van der Waals surface area (Å²) in [7, 11) is 0. The monoisotopic (exact) mass is 237 g/mol. The van der Waals surface area contributed by atoms with E-state index in [1.54, 1.807) is 16.7 Å². The fourth-order valence-corrected chi connectivity index (χ4v) is 1.71. The number of hydrogen-bond acceptors (Lipinski definition) is 3. The lowest BCUT2D eigenvalue weighted by Gasteiger charge is -2.08. The molecule has 94 valence electrons. The first-order chi connectivity index (χ1) is 8.15. The number of rotatable bonds is 6. The molecule has 5 nitrogen and oxygen atoms in total. The van der Waals surface area contributed by atoms with Crippen molar-refractivity contribution < 1.29 is 4.79 Å². The molecule has 0 aromatic carbocycles. The van der Waals surface area contributed by atoms with Gasteiger partial charge in [-0.05, 0) is 25.8 Å². The van der Waals surface area contributed by atoms with Crippen LogP contribution in [0.4, 0.5) is 0 Å². The van der Waals surface area contributed by atoms with Gasteiger partial charge in [0.15, 0.2) is 0 Å². The number of carbonyl (C=O) groups excluding carboxylic acids is 1. The van der Waals surface area contributed by atoms with Gasteiger partial charge in [0.1, 0.15) is 0 Å². The van der Waals surface area contributed by atoms with Crippen molar-refractivity contribution in [2.24, 2.45) is 5.84 Å². The summed E-state index contributed by atoms with van der Waals surface area (Å²) in [5.41, 5.74) is 3.10. The van der Waals surface area contributed by atoms with Gasteiger partial charge in [0.25, 0.3) is 5.56 Å². The molecule has 0 aliphatic carbocycles. The molecule has 0 fully saturated rings. The van der Waals surface area contributed by atoms with Gasteiger partial charge in [-0.1, -0.05) is 12.5 Å². The molecule has 5 heteroatoms. The standard InChI is InChI=1S/C12H19N3O2/c1-10-6-5-8-12(17)15(10)9-4-2-3-7-11(16)14-13/h5-6,8H,2-4,7,9,13H2,1H3,(H,14,16). The van der Waals surface area contributed by atoms with E-state index < -0.39 is 0 Å². The third-order valence-electron chi connectivity index (χ3n) is 2.71. The van der Waals surface area contributed by atoms with Crippen molar-refractivity contribution in [1.82, 2.24) is 9.99 Å². The van der Waals surface area contributed by atoms with Gasteiger partial charge in [-0.15, -0.1) is 0 Å². The number of carbonyl (C=O) groups is 1. The predicted molar refractivity (Wildman–Crippen MR) is 66.2 cm³/mol. The van der Waals surface area contributed by atoms with Crippen LogP contribution in [0.25, 0.3) is 0 Å². The summed E-state index contributed by atoms with van der Waals surface area (Å²) in [4.78, 5) is 22.4. The Balaban J connectivity index is 2.32. The molecule has 0 aliphatic heterocycles. The highest BCUT2D eigenvalue weighted by atomic mass is 16.2. The van der Waals surface area contributed by atoms with Gasteiger partial charge in [-0.25, -0.2) is 5.84 Å². The molecule has 1 aromatic rings. The van der Waals surface area contributed by atoms with E-state index in [-0.39, 0.29) is 11.5 Å². The van der Waals surface area contributed by atoms with Gasteiger partial charge in [0, 0.05) is 24.7 Å². The summed E-state index contributed by atoms with van der Waals surface area (Å²) in [6, 6.07) is 5.25. The molecule has 0 unspecified atom stereocenters. The summed E-state index contributed by atoms with van der Waals surface area (Å²) in [5, 5.41) is 0. The van der Waals surface area contributed by atoms with Crippen LogP contribution in [-0.2, 0) is 11.3 Å². The first-order valence-corrected chi connectivity index (χ1v) is 5.81. The zero-order valence-electron chi connectivity index (χ0n) is 10.1. The van der Waals surface area contributed by atoms with Crippen LogP contribution in [0.5, 0.6) is 0 Å². The second-order valence-corrected chi connectivity index (χ2v) is 4.04. The highest BCUT2D eigenvalue weighted by molar-refractivity contribution is 5.74. The zero-order chi connectivity index (χ0) is 12.7. The molecule has 0 spiro atoms. The van der Waals surface area contributed by atoms with Gasteiger partial charge >= 0.3 is 0 Å². The Morgan fingerprint density at radius 2 is 2.12 bits per heavy atom. The van der Waals surface area contributed by atoms with Gasteiger partial charge in [-0.2, -0.15) is 0 Å². The molecule has 0 bridgehead atoms.